The lowest BCUT2D eigenvalue weighted by Gasteiger charge is -2.16. The van der Waals surface area contributed by atoms with Crippen LogP contribution < -0.4 is 10.3 Å². The number of ether oxygens (including phenoxy) is 2. The summed E-state index contributed by atoms with van der Waals surface area (Å²) in [5, 5.41) is -0.357. The summed E-state index contributed by atoms with van der Waals surface area (Å²) in [7, 11) is 1.49. The van der Waals surface area contributed by atoms with Gasteiger partial charge < -0.3 is 9.47 Å². The lowest BCUT2D eigenvalue weighted by atomic mass is 10.1. The van der Waals surface area contributed by atoms with Gasteiger partial charge in [0.05, 0.1) is 12.8 Å². The molecule has 0 saturated carbocycles. The molecule has 0 saturated heterocycles. The zero-order valence-corrected chi connectivity index (χ0v) is 16.4. The molecule has 6 nitrogen and oxygen atoms in total. The zero-order valence-electron chi connectivity index (χ0n) is 14.9. The standard InChI is InChI=1S/C20H16Cl2N2O4/c1-27-15-10-6-5-9-14(15)17-18(21)23-19(22)20(26)24(17)11-16(25)28-12-13-7-3-2-4-8-13/h2-10H,11-12H2,1H3. The first-order chi connectivity index (χ1) is 13.5. The number of aromatic nitrogens is 2. The predicted octanol–water partition coefficient (Wildman–Crippen LogP) is 3.97. The fraction of sp³-hybridized carbons (Fsp3) is 0.150. The molecule has 3 rings (SSSR count). The Hall–Kier alpha value is -2.83. The van der Waals surface area contributed by atoms with Gasteiger partial charge >= 0.3 is 5.97 Å². The van der Waals surface area contributed by atoms with E-state index >= 15 is 0 Å². The van der Waals surface area contributed by atoms with E-state index in [1.54, 1.807) is 24.3 Å². The van der Waals surface area contributed by atoms with Crippen molar-refractivity contribution in [1.82, 2.24) is 9.55 Å². The number of nitrogens with zero attached hydrogens (tertiary/aromatic N) is 2. The summed E-state index contributed by atoms with van der Waals surface area (Å²) < 4.78 is 11.8. The average molecular weight is 419 g/mol. The fourth-order valence-corrected chi connectivity index (χ4v) is 3.19. The summed E-state index contributed by atoms with van der Waals surface area (Å²) in [5.74, 6) is -0.139. The number of hydrogen-bond acceptors (Lipinski definition) is 5. The number of benzene rings is 2. The largest absolute Gasteiger partial charge is 0.496 e. The topological polar surface area (TPSA) is 70.4 Å². The molecule has 0 amide bonds. The van der Waals surface area contributed by atoms with Crippen LogP contribution >= 0.6 is 23.2 Å². The summed E-state index contributed by atoms with van der Waals surface area (Å²) in [5.41, 5.74) is 0.917. The molecule has 1 aromatic heterocycles. The van der Waals surface area contributed by atoms with Crippen LogP contribution in [0.2, 0.25) is 10.3 Å². The van der Waals surface area contributed by atoms with E-state index < -0.39 is 11.5 Å². The molecular formula is C20H16Cl2N2O4. The van der Waals surface area contributed by atoms with E-state index in [9.17, 15) is 9.59 Å². The number of halogens is 2. The minimum atomic E-state index is -0.649. The van der Waals surface area contributed by atoms with Crippen LogP contribution in [0.15, 0.2) is 59.4 Å². The summed E-state index contributed by atoms with van der Waals surface area (Å²) in [6.07, 6.45) is 0. The quantitative estimate of drug-likeness (QED) is 0.566. The molecule has 0 N–H and O–H groups in total. The van der Waals surface area contributed by atoms with E-state index in [0.717, 1.165) is 10.1 Å². The summed E-state index contributed by atoms with van der Waals surface area (Å²) >= 11 is 12.2. The molecule has 0 unspecified atom stereocenters. The third-order valence-corrected chi connectivity index (χ3v) is 4.48. The Morgan fingerprint density at radius 1 is 1.04 bits per heavy atom. The van der Waals surface area contributed by atoms with Crippen molar-refractivity contribution in [1.29, 1.82) is 0 Å². The molecule has 0 atom stereocenters. The molecule has 28 heavy (non-hydrogen) atoms. The van der Waals surface area contributed by atoms with Gasteiger partial charge in [-0.1, -0.05) is 65.7 Å². The smallest absolute Gasteiger partial charge is 0.326 e. The lowest BCUT2D eigenvalue weighted by Crippen LogP contribution is -2.28. The van der Waals surface area contributed by atoms with Gasteiger partial charge in [-0.05, 0) is 17.7 Å². The molecule has 144 valence electrons. The number of methoxy groups -OCH3 is 1. The first-order valence-electron chi connectivity index (χ1n) is 8.30. The van der Waals surface area contributed by atoms with E-state index in [1.807, 2.05) is 30.3 Å². The van der Waals surface area contributed by atoms with E-state index in [1.165, 1.54) is 7.11 Å². The summed E-state index contributed by atoms with van der Waals surface area (Å²) in [6.45, 7) is -0.286. The van der Waals surface area contributed by atoms with Gasteiger partial charge in [-0.2, -0.15) is 0 Å². The van der Waals surface area contributed by atoms with Gasteiger partial charge in [0.2, 0.25) is 0 Å². The average Bonchev–Trinajstić information content (AvgIpc) is 2.71. The molecule has 0 radical (unpaired) electrons. The van der Waals surface area contributed by atoms with Crippen LogP contribution in [0.1, 0.15) is 5.56 Å². The van der Waals surface area contributed by atoms with Crippen molar-refractivity contribution in [3.05, 3.63) is 80.8 Å². The maximum atomic E-state index is 12.6. The molecule has 2 aromatic carbocycles. The lowest BCUT2D eigenvalue weighted by molar-refractivity contribution is -0.145. The molecule has 8 heteroatoms. The maximum Gasteiger partial charge on any atom is 0.326 e. The number of carbonyl (C=O) groups excluding carboxylic acids is 1. The SMILES string of the molecule is COc1ccccc1-c1c(Cl)nc(Cl)c(=O)n1CC(=O)OCc1ccccc1. The van der Waals surface area contributed by atoms with E-state index in [2.05, 4.69) is 4.98 Å². The van der Waals surface area contributed by atoms with Gasteiger partial charge in [-0.3, -0.25) is 14.2 Å². The summed E-state index contributed by atoms with van der Waals surface area (Å²) in [6, 6.07) is 16.2. The van der Waals surface area contributed by atoms with Crippen molar-refractivity contribution < 1.29 is 14.3 Å². The number of para-hydroxylation sites is 1. The Labute approximate surface area is 171 Å². The van der Waals surface area contributed by atoms with Gasteiger partial charge in [0.1, 0.15) is 18.9 Å². The van der Waals surface area contributed by atoms with E-state index in [0.29, 0.717) is 11.3 Å². The molecule has 3 aromatic rings. The molecule has 0 spiro atoms. The minimum absolute atomic E-state index is 0.0232. The van der Waals surface area contributed by atoms with Crippen molar-refractivity contribution in [2.24, 2.45) is 0 Å². The first-order valence-corrected chi connectivity index (χ1v) is 9.05. The van der Waals surface area contributed by atoms with Crippen LogP contribution in [-0.2, 0) is 22.7 Å². The minimum Gasteiger partial charge on any atom is -0.496 e. The molecule has 0 fully saturated rings. The molecular weight excluding hydrogens is 403 g/mol. The zero-order chi connectivity index (χ0) is 20.1. The highest BCUT2D eigenvalue weighted by Crippen LogP contribution is 2.33. The second-order valence-corrected chi connectivity index (χ2v) is 6.50. The molecule has 0 aliphatic rings. The Bertz CT molecular complexity index is 1050. The predicted molar refractivity (Wildman–Crippen MR) is 107 cm³/mol. The fourth-order valence-electron chi connectivity index (χ4n) is 2.67. The Kier molecular flexibility index (Phi) is 6.34. The van der Waals surface area contributed by atoms with Crippen molar-refractivity contribution in [2.75, 3.05) is 7.11 Å². The highest BCUT2D eigenvalue weighted by Gasteiger charge is 2.21. The second-order valence-electron chi connectivity index (χ2n) is 5.78. The molecule has 0 aliphatic carbocycles. The van der Waals surface area contributed by atoms with Gasteiger partial charge in [-0.15, -0.1) is 0 Å². The Balaban J connectivity index is 1.96. The highest BCUT2D eigenvalue weighted by atomic mass is 35.5. The second kappa shape index (κ2) is 8.91. The first kappa shape index (κ1) is 19.9. The Morgan fingerprint density at radius 3 is 2.43 bits per heavy atom. The third-order valence-electron chi connectivity index (χ3n) is 3.98. The van der Waals surface area contributed by atoms with Crippen molar-refractivity contribution in [3.8, 4) is 17.0 Å². The molecule has 1 heterocycles. The highest BCUT2D eigenvalue weighted by molar-refractivity contribution is 6.34. The van der Waals surface area contributed by atoms with Crippen LogP contribution in [0, 0.1) is 0 Å². The monoisotopic (exact) mass is 418 g/mol. The third kappa shape index (κ3) is 4.35. The van der Waals surface area contributed by atoms with E-state index in [-0.39, 0.29) is 29.2 Å². The van der Waals surface area contributed by atoms with Gasteiger partial charge in [0.15, 0.2) is 10.3 Å². The van der Waals surface area contributed by atoms with E-state index in [4.69, 9.17) is 32.7 Å². The Morgan fingerprint density at radius 2 is 1.71 bits per heavy atom. The molecule has 0 bridgehead atoms. The maximum absolute atomic E-state index is 12.6. The van der Waals surface area contributed by atoms with Crippen molar-refractivity contribution in [3.63, 3.8) is 0 Å². The van der Waals surface area contributed by atoms with Crippen LogP contribution in [0.4, 0.5) is 0 Å². The summed E-state index contributed by atoms with van der Waals surface area (Å²) in [4.78, 5) is 28.8. The van der Waals surface area contributed by atoms with Gasteiger partial charge in [-0.25, -0.2) is 4.98 Å². The van der Waals surface area contributed by atoms with Gasteiger partial charge in [0.25, 0.3) is 5.56 Å². The van der Waals surface area contributed by atoms with Crippen LogP contribution in [0.25, 0.3) is 11.3 Å². The number of hydrogen-bond donors (Lipinski definition) is 0. The number of rotatable bonds is 6. The van der Waals surface area contributed by atoms with Gasteiger partial charge in [0, 0.05) is 5.56 Å². The number of carbonyl (C=O) groups is 1. The van der Waals surface area contributed by atoms with Crippen LogP contribution in [0.5, 0.6) is 5.75 Å². The van der Waals surface area contributed by atoms with Crippen LogP contribution in [0.3, 0.4) is 0 Å². The van der Waals surface area contributed by atoms with Crippen LogP contribution in [-0.4, -0.2) is 22.6 Å². The normalized spacial score (nSPS) is 10.5. The van der Waals surface area contributed by atoms with Crippen molar-refractivity contribution >= 4 is 29.2 Å². The number of esters is 1. The van der Waals surface area contributed by atoms with Crippen molar-refractivity contribution in [2.45, 2.75) is 13.2 Å². The molecule has 0 aliphatic heterocycles.